The molecule has 5 rings (SSSR count). The van der Waals surface area contributed by atoms with Gasteiger partial charge in [0.05, 0.1) is 17.1 Å². The standard InChI is InChI=1S/C30H30N4OS/c1-34(2)24-14-12-22(13-15-24)26(27-19-31-28-11-7-6-10-25(27)28)18-32-29(35)17-23-20-36-30(33-23)16-21-8-4-3-5-9-21/h3-15,19-20,26,31H,16-18H2,1-2H3,(H,32,35). The van der Waals surface area contributed by atoms with Gasteiger partial charge in [-0.2, -0.15) is 0 Å². The second-order valence-electron chi connectivity index (χ2n) is 9.20. The summed E-state index contributed by atoms with van der Waals surface area (Å²) in [6.45, 7) is 0.517. The molecule has 36 heavy (non-hydrogen) atoms. The topological polar surface area (TPSA) is 61.0 Å². The van der Waals surface area contributed by atoms with E-state index >= 15 is 0 Å². The summed E-state index contributed by atoms with van der Waals surface area (Å²) < 4.78 is 0. The largest absolute Gasteiger partial charge is 0.378 e. The van der Waals surface area contributed by atoms with Crippen LogP contribution in [0.3, 0.4) is 0 Å². The smallest absolute Gasteiger partial charge is 0.226 e. The maximum atomic E-state index is 12.9. The zero-order chi connectivity index (χ0) is 24.9. The molecule has 1 unspecified atom stereocenters. The maximum absolute atomic E-state index is 12.9. The van der Waals surface area contributed by atoms with Crippen molar-refractivity contribution in [1.29, 1.82) is 0 Å². The summed E-state index contributed by atoms with van der Waals surface area (Å²) in [5.74, 6) is 0.0201. The Hall–Kier alpha value is -3.90. The number of carbonyl (C=O) groups excluding carboxylic acids is 1. The van der Waals surface area contributed by atoms with Crippen molar-refractivity contribution in [1.82, 2.24) is 15.3 Å². The monoisotopic (exact) mass is 494 g/mol. The Bertz CT molecular complexity index is 1440. The summed E-state index contributed by atoms with van der Waals surface area (Å²) in [6, 6.07) is 27.2. The van der Waals surface area contributed by atoms with Crippen LogP contribution in [0.1, 0.15) is 33.3 Å². The molecule has 0 aliphatic rings. The first-order valence-electron chi connectivity index (χ1n) is 12.1. The van der Waals surface area contributed by atoms with Gasteiger partial charge in [0.2, 0.25) is 5.91 Å². The summed E-state index contributed by atoms with van der Waals surface area (Å²) in [4.78, 5) is 23.1. The Morgan fingerprint density at radius 2 is 1.75 bits per heavy atom. The molecule has 2 N–H and O–H groups in total. The zero-order valence-corrected chi connectivity index (χ0v) is 21.4. The molecular formula is C30H30N4OS. The molecule has 6 heteroatoms. The minimum Gasteiger partial charge on any atom is -0.378 e. The van der Waals surface area contributed by atoms with Crippen molar-refractivity contribution in [3.05, 3.63) is 118 Å². The number of amides is 1. The molecule has 2 aromatic heterocycles. The Kier molecular flexibility index (Phi) is 7.14. The lowest BCUT2D eigenvalue weighted by Crippen LogP contribution is -2.30. The van der Waals surface area contributed by atoms with E-state index < -0.39 is 0 Å². The van der Waals surface area contributed by atoms with E-state index in [0.29, 0.717) is 6.54 Å². The highest BCUT2D eigenvalue weighted by atomic mass is 32.1. The van der Waals surface area contributed by atoms with Crippen molar-refractivity contribution in [2.24, 2.45) is 0 Å². The zero-order valence-electron chi connectivity index (χ0n) is 20.6. The Morgan fingerprint density at radius 3 is 2.53 bits per heavy atom. The van der Waals surface area contributed by atoms with Crippen LogP contribution >= 0.6 is 11.3 Å². The summed E-state index contributed by atoms with van der Waals surface area (Å²) in [7, 11) is 4.08. The van der Waals surface area contributed by atoms with Gasteiger partial charge in [-0.05, 0) is 34.9 Å². The fraction of sp³-hybridized carbons (Fsp3) is 0.200. The van der Waals surface area contributed by atoms with Gasteiger partial charge in [0.1, 0.15) is 0 Å². The van der Waals surface area contributed by atoms with Gasteiger partial charge >= 0.3 is 0 Å². The number of para-hydroxylation sites is 1. The fourth-order valence-electron chi connectivity index (χ4n) is 4.52. The number of thiazole rings is 1. The van der Waals surface area contributed by atoms with Crippen LogP contribution in [0.4, 0.5) is 5.69 Å². The van der Waals surface area contributed by atoms with Crippen molar-refractivity contribution >= 4 is 33.8 Å². The number of aromatic amines is 1. The van der Waals surface area contributed by atoms with Crippen LogP contribution in [0.25, 0.3) is 10.9 Å². The molecule has 182 valence electrons. The van der Waals surface area contributed by atoms with Gasteiger partial charge in [-0.3, -0.25) is 4.79 Å². The van der Waals surface area contributed by atoms with Crippen LogP contribution in [0, 0.1) is 0 Å². The second-order valence-corrected chi connectivity index (χ2v) is 10.1. The lowest BCUT2D eigenvalue weighted by Gasteiger charge is -2.20. The number of hydrogen-bond donors (Lipinski definition) is 2. The number of fused-ring (bicyclic) bond motifs is 1. The highest BCUT2D eigenvalue weighted by Gasteiger charge is 2.20. The molecule has 1 atom stereocenters. The van der Waals surface area contributed by atoms with Crippen LogP contribution < -0.4 is 10.2 Å². The van der Waals surface area contributed by atoms with E-state index in [1.54, 1.807) is 11.3 Å². The fourth-order valence-corrected chi connectivity index (χ4v) is 5.35. The number of carbonyl (C=O) groups is 1. The van der Waals surface area contributed by atoms with E-state index in [4.69, 9.17) is 4.98 Å². The van der Waals surface area contributed by atoms with Gasteiger partial charge in [0, 0.05) is 61.1 Å². The SMILES string of the molecule is CN(C)c1ccc(C(CNC(=O)Cc2csc(Cc3ccccc3)n2)c2c[nH]c3ccccc23)cc1. The first-order valence-corrected chi connectivity index (χ1v) is 13.0. The highest BCUT2D eigenvalue weighted by molar-refractivity contribution is 7.09. The first kappa shape index (κ1) is 23.8. The van der Waals surface area contributed by atoms with Crippen LogP contribution in [-0.2, 0) is 17.6 Å². The van der Waals surface area contributed by atoms with E-state index in [1.807, 2.05) is 43.7 Å². The minimum absolute atomic E-state index is 0.0127. The maximum Gasteiger partial charge on any atom is 0.226 e. The number of rotatable bonds is 9. The molecule has 2 heterocycles. The molecule has 0 bridgehead atoms. The first-order chi connectivity index (χ1) is 17.6. The molecule has 1 amide bonds. The van der Waals surface area contributed by atoms with Crippen LogP contribution in [-0.4, -0.2) is 36.5 Å². The average Bonchev–Trinajstić information content (AvgIpc) is 3.52. The summed E-state index contributed by atoms with van der Waals surface area (Å²) in [5.41, 5.74) is 6.65. The van der Waals surface area contributed by atoms with Gasteiger partial charge < -0.3 is 15.2 Å². The molecule has 5 aromatic rings. The van der Waals surface area contributed by atoms with E-state index in [-0.39, 0.29) is 18.2 Å². The number of anilines is 1. The van der Waals surface area contributed by atoms with Crippen molar-refractivity contribution in [2.75, 3.05) is 25.5 Å². The van der Waals surface area contributed by atoms with Crippen LogP contribution in [0.5, 0.6) is 0 Å². The molecule has 0 fully saturated rings. The number of H-pyrrole nitrogens is 1. The van der Waals surface area contributed by atoms with Gasteiger partial charge in [0.15, 0.2) is 0 Å². The Labute approximate surface area is 215 Å². The predicted octanol–water partition coefficient (Wildman–Crippen LogP) is 5.77. The Morgan fingerprint density at radius 1 is 1.00 bits per heavy atom. The van der Waals surface area contributed by atoms with Gasteiger partial charge in [0.25, 0.3) is 0 Å². The van der Waals surface area contributed by atoms with Crippen molar-refractivity contribution in [3.8, 4) is 0 Å². The third-order valence-electron chi connectivity index (χ3n) is 6.45. The minimum atomic E-state index is -0.0127. The van der Waals surface area contributed by atoms with E-state index in [1.165, 1.54) is 22.1 Å². The molecule has 3 aromatic carbocycles. The number of benzene rings is 3. The molecule has 0 aliphatic heterocycles. The number of nitrogens with zero attached hydrogens (tertiary/aromatic N) is 2. The lowest BCUT2D eigenvalue weighted by atomic mass is 9.90. The summed E-state index contributed by atoms with van der Waals surface area (Å²) in [6.07, 6.45) is 3.14. The Balaban J connectivity index is 1.30. The highest BCUT2D eigenvalue weighted by Crippen LogP contribution is 2.31. The molecule has 0 aliphatic carbocycles. The second kappa shape index (κ2) is 10.8. The quantitative estimate of drug-likeness (QED) is 0.273. The summed E-state index contributed by atoms with van der Waals surface area (Å²) in [5, 5.41) is 7.38. The number of aromatic nitrogens is 2. The lowest BCUT2D eigenvalue weighted by molar-refractivity contribution is -0.120. The third kappa shape index (κ3) is 5.50. The van der Waals surface area contributed by atoms with Gasteiger partial charge in [-0.15, -0.1) is 11.3 Å². The van der Waals surface area contributed by atoms with Crippen molar-refractivity contribution < 1.29 is 4.79 Å². The normalized spacial score (nSPS) is 11.9. The van der Waals surface area contributed by atoms with Crippen LogP contribution in [0.2, 0.25) is 0 Å². The van der Waals surface area contributed by atoms with E-state index in [0.717, 1.165) is 28.3 Å². The van der Waals surface area contributed by atoms with Crippen molar-refractivity contribution in [2.45, 2.75) is 18.8 Å². The van der Waals surface area contributed by atoms with E-state index in [9.17, 15) is 4.79 Å². The van der Waals surface area contributed by atoms with Gasteiger partial charge in [-0.1, -0.05) is 60.7 Å². The number of nitrogens with one attached hydrogen (secondary N) is 2. The van der Waals surface area contributed by atoms with E-state index in [2.05, 4.69) is 76.0 Å². The third-order valence-corrected chi connectivity index (χ3v) is 7.35. The predicted molar refractivity (Wildman–Crippen MR) is 149 cm³/mol. The van der Waals surface area contributed by atoms with Crippen LogP contribution in [0.15, 0.2) is 90.4 Å². The van der Waals surface area contributed by atoms with Crippen molar-refractivity contribution in [3.63, 3.8) is 0 Å². The molecule has 5 nitrogen and oxygen atoms in total. The molecule has 0 saturated carbocycles. The molecular weight excluding hydrogens is 464 g/mol. The number of hydrogen-bond acceptors (Lipinski definition) is 4. The van der Waals surface area contributed by atoms with Gasteiger partial charge in [-0.25, -0.2) is 4.98 Å². The molecule has 0 spiro atoms. The summed E-state index contributed by atoms with van der Waals surface area (Å²) >= 11 is 1.61. The molecule has 0 radical (unpaired) electrons. The molecule has 0 saturated heterocycles. The average molecular weight is 495 g/mol.